The predicted molar refractivity (Wildman–Crippen MR) is 151 cm³/mol. The van der Waals surface area contributed by atoms with E-state index in [4.69, 9.17) is 9.84 Å². The van der Waals surface area contributed by atoms with Crippen molar-refractivity contribution in [3.63, 3.8) is 0 Å². The van der Waals surface area contributed by atoms with Crippen molar-refractivity contribution in [1.82, 2.24) is 9.71 Å². The molecule has 0 aliphatic heterocycles. The zero-order chi connectivity index (χ0) is 29.3. The van der Waals surface area contributed by atoms with Crippen LogP contribution in [-0.4, -0.2) is 56.2 Å². The Morgan fingerprint density at radius 1 is 1.02 bits per heavy atom. The lowest BCUT2D eigenvalue weighted by Gasteiger charge is -2.15. The molecular weight excluding hydrogens is 538 g/mol. The summed E-state index contributed by atoms with van der Waals surface area (Å²) in [5.41, 5.74) is 3.47. The number of amides is 2. The molecule has 12 nitrogen and oxygen atoms in total. The summed E-state index contributed by atoms with van der Waals surface area (Å²) < 4.78 is 30.8. The number of ketones is 1. The molecule has 3 rings (SSSR count). The van der Waals surface area contributed by atoms with Crippen LogP contribution in [0.15, 0.2) is 60.8 Å². The van der Waals surface area contributed by atoms with Gasteiger partial charge in [-0.1, -0.05) is 24.3 Å². The molecule has 0 radical (unpaired) electrons. The Balaban J connectivity index is 1.56. The Morgan fingerprint density at radius 3 is 2.38 bits per heavy atom. The molecule has 212 valence electrons. The smallest absolute Gasteiger partial charge is 0.323 e. The highest BCUT2D eigenvalue weighted by Crippen LogP contribution is 2.26. The number of carbonyl (C=O) groups excluding carboxylic acids is 2. The molecule has 2 amide bonds. The van der Waals surface area contributed by atoms with Crippen molar-refractivity contribution in [3.8, 4) is 5.75 Å². The lowest BCUT2D eigenvalue weighted by Crippen LogP contribution is -2.29. The van der Waals surface area contributed by atoms with Gasteiger partial charge in [0.1, 0.15) is 5.75 Å². The van der Waals surface area contributed by atoms with Crippen molar-refractivity contribution < 1.29 is 32.6 Å². The van der Waals surface area contributed by atoms with Gasteiger partial charge in [0.05, 0.1) is 55.6 Å². The summed E-state index contributed by atoms with van der Waals surface area (Å²) in [6, 6.07) is 14.1. The Morgan fingerprint density at radius 2 is 1.75 bits per heavy atom. The maximum absolute atomic E-state index is 12.6. The highest BCUT2D eigenvalue weighted by molar-refractivity contribution is 7.88. The number of aryl methyl sites for hydroxylation is 1. The third-order valence-electron chi connectivity index (χ3n) is 5.68. The summed E-state index contributed by atoms with van der Waals surface area (Å²) in [7, 11) is -2.19. The van der Waals surface area contributed by atoms with E-state index in [0.717, 1.165) is 11.8 Å². The molecule has 5 N–H and O–H groups in total. The Bertz CT molecular complexity index is 1480. The minimum absolute atomic E-state index is 0.0116. The van der Waals surface area contributed by atoms with E-state index in [0.29, 0.717) is 28.4 Å². The third kappa shape index (κ3) is 9.36. The number of urea groups is 1. The number of carboxylic acid groups (broad SMARTS) is 1. The number of anilines is 3. The molecule has 3 aromatic rings. The first-order chi connectivity index (χ1) is 18.9. The van der Waals surface area contributed by atoms with Crippen molar-refractivity contribution >= 4 is 44.9 Å². The van der Waals surface area contributed by atoms with Gasteiger partial charge in [-0.3, -0.25) is 14.6 Å². The van der Waals surface area contributed by atoms with Gasteiger partial charge >= 0.3 is 12.0 Å². The minimum Gasteiger partial charge on any atom is -0.495 e. The van der Waals surface area contributed by atoms with E-state index < -0.39 is 34.5 Å². The average Bonchev–Trinajstić information content (AvgIpc) is 2.88. The van der Waals surface area contributed by atoms with Crippen molar-refractivity contribution in [3.05, 3.63) is 77.6 Å². The van der Waals surface area contributed by atoms with Gasteiger partial charge in [-0.15, -0.1) is 0 Å². The molecule has 1 atom stereocenters. The maximum Gasteiger partial charge on any atom is 0.323 e. The molecule has 13 heteroatoms. The Hall–Kier alpha value is -4.49. The van der Waals surface area contributed by atoms with Crippen molar-refractivity contribution in [2.45, 2.75) is 25.8 Å². The number of aliphatic carboxylic acids is 1. The first kappa shape index (κ1) is 30.1. The zero-order valence-electron chi connectivity index (χ0n) is 22.2. The van der Waals surface area contributed by atoms with Gasteiger partial charge < -0.3 is 25.8 Å². The fourth-order valence-electron chi connectivity index (χ4n) is 3.78. The number of Topliss-reactive ketones (excluding diaryl/α,β-unsaturated/α-hetero) is 1. The van der Waals surface area contributed by atoms with Gasteiger partial charge in [-0.05, 0) is 48.4 Å². The number of pyridine rings is 1. The van der Waals surface area contributed by atoms with Gasteiger partial charge in [0.15, 0.2) is 5.78 Å². The fourth-order valence-corrected chi connectivity index (χ4v) is 4.51. The third-order valence-corrected chi connectivity index (χ3v) is 6.39. The number of para-hydroxylation sites is 1. The van der Waals surface area contributed by atoms with Crippen LogP contribution in [-0.2, 0) is 26.0 Å². The van der Waals surface area contributed by atoms with Crippen LogP contribution in [0.4, 0.5) is 21.9 Å². The quantitative estimate of drug-likeness (QED) is 0.207. The lowest BCUT2D eigenvalue weighted by atomic mass is 10.1. The molecule has 0 saturated heterocycles. The number of methoxy groups -OCH3 is 1. The number of aromatic nitrogens is 1. The summed E-state index contributed by atoms with van der Waals surface area (Å²) >= 11 is 0. The summed E-state index contributed by atoms with van der Waals surface area (Å²) in [6.07, 6.45) is 1.96. The van der Waals surface area contributed by atoms with E-state index in [2.05, 4.69) is 25.7 Å². The van der Waals surface area contributed by atoms with Crippen LogP contribution in [0.2, 0.25) is 0 Å². The van der Waals surface area contributed by atoms with E-state index in [1.165, 1.54) is 19.4 Å². The van der Waals surface area contributed by atoms with Gasteiger partial charge in [-0.2, -0.15) is 0 Å². The molecule has 0 spiro atoms. The topological polar surface area (TPSA) is 176 Å². The normalized spacial score (nSPS) is 11.8. The highest BCUT2D eigenvalue weighted by Gasteiger charge is 2.20. The molecule has 0 aliphatic rings. The average molecular weight is 570 g/mol. The summed E-state index contributed by atoms with van der Waals surface area (Å²) in [5.74, 6) is -0.912. The van der Waals surface area contributed by atoms with Gasteiger partial charge in [0, 0.05) is 12.1 Å². The molecule has 0 aliphatic carbocycles. The minimum atomic E-state index is -3.65. The predicted octanol–water partition coefficient (Wildman–Crippen LogP) is 3.33. The summed E-state index contributed by atoms with van der Waals surface area (Å²) in [6.45, 7) is 1.88. The molecule has 1 aromatic heterocycles. The maximum atomic E-state index is 12.6. The first-order valence-electron chi connectivity index (χ1n) is 12.1. The SMILES string of the molecule is COc1cc(CC(=O)CNc2ccc(C(CC(=O)O)NS(C)(=O)=O)nc2)ccc1NC(=O)Nc1ccccc1C. The first-order valence-corrected chi connectivity index (χ1v) is 14.0. The van der Waals surface area contributed by atoms with E-state index in [9.17, 15) is 22.8 Å². The number of rotatable bonds is 13. The number of carbonyl (C=O) groups is 3. The largest absolute Gasteiger partial charge is 0.495 e. The molecule has 2 aromatic carbocycles. The number of benzene rings is 2. The van der Waals surface area contributed by atoms with Crippen LogP contribution in [0.3, 0.4) is 0 Å². The number of carboxylic acids is 1. The van der Waals surface area contributed by atoms with Crippen molar-refractivity contribution in [1.29, 1.82) is 0 Å². The van der Waals surface area contributed by atoms with E-state index in [1.54, 1.807) is 30.3 Å². The zero-order valence-corrected chi connectivity index (χ0v) is 23.0. The standard InChI is InChI=1S/C27H31N5O7S/c1-17-6-4-5-7-21(17)30-27(36)31-23-10-8-18(13-25(23)39-2)12-20(33)16-28-19-9-11-22(29-15-19)24(14-26(34)35)32-40(3,37)38/h4-11,13,15,24,28,32H,12,14,16H2,1-3H3,(H,34,35)(H2,30,31,36). The fraction of sp³-hybridized carbons (Fsp3) is 0.259. The van der Waals surface area contributed by atoms with Crippen LogP contribution in [0.5, 0.6) is 5.75 Å². The van der Waals surface area contributed by atoms with Crippen LogP contribution in [0.1, 0.15) is 29.3 Å². The van der Waals surface area contributed by atoms with Crippen molar-refractivity contribution in [2.24, 2.45) is 0 Å². The molecular formula is C27H31N5O7S. The van der Waals surface area contributed by atoms with Gasteiger partial charge in [0.25, 0.3) is 0 Å². The monoisotopic (exact) mass is 569 g/mol. The molecule has 0 fully saturated rings. The number of nitrogens with one attached hydrogen (secondary N) is 4. The number of sulfonamides is 1. The molecule has 0 saturated carbocycles. The molecule has 0 bridgehead atoms. The van der Waals surface area contributed by atoms with Crippen LogP contribution in [0.25, 0.3) is 0 Å². The molecule has 1 unspecified atom stereocenters. The van der Waals surface area contributed by atoms with E-state index >= 15 is 0 Å². The van der Waals surface area contributed by atoms with Crippen molar-refractivity contribution in [2.75, 3.05) is 35.9 Å². The van der Waals surface area contributed by atoms with E-state index in [-0.39, 0.29) is 24.4 Å². The number of hydrogen-bond donors (Lipinski definition) is 5. The number of hydrogen-bond acceptors (Lipinski definition) is 8. The highest BCUT2D eigenvalue weighted by atomic mass is 32.2. The molecule has 1 heterocycles. The van der Waals surface area contributed by atoms with Crippen LogP contribution in [0, 0.1) is 6.92 Å². The lowest BCUT2D eigenvalue weighted by molar-refractivity contribution is -0.137. The second kappa shape index (κ2) is 13.5. The van der Waals surface area contributed by atoms with E-state index in [1.807, 2.05) is 25.1 Å². The van der Waals surface area contributed by atoms with Gasteiger partial charge in [-0.25, -0.2) is 17.9 Å². The Labute approximate surface area is 232 Å². The second-order valence-electron chi connectivity index (χ2n) is 9.01. The van der Waals surface area contributed by atoms with Crippen LogP contribution >= 0.6 is 0 Å². The van der Waals surface area contributed by atoms with Crippen LogP contribution < -0.4 is 25.4 Å². The Kier molecular flexibility index (Phi) is 10.2. The second-order valence-corrected chi connectivity index (χ2v) is 10.8. The summed E-state index contributed by atoms with van der Waals surface area (Å²) in [5, 5.41) is 17.6. The summed E-state index contributed by atoms with van der Waals surface area (Å²) in [4.78, 5) is 40.3. The number of ether oxygens (including phenoxy) is 1. The van der Waals surface area contributed by atoms with Gasteiger partial charge in [0.2, 0.25) is 10.0 Å². The molecule has 40 heavy (non-hydrogen) atoms. The number of nitrogens with zero attached hydrogens (tertiary/aromatic N) is 1.